The van der Waals surface area contributed by atoms with E-state index >= 15 is 0 Å². The van der Waals surface area contributed by atoms with E-state index in [1.165, 1.54) is 80.5 Å². The van der Waals surface area contributed by atoms with Gasteiger partial charge in [0.25, 0.3) is 0 Å². The summed E-state index contributed by atoms with van der Waals surface area (Å²) in [5.41, 5.74) is 21.4. The molecule has 12 rings (SSSR count). The van der Waals surface area contributed by atoms with Crippen molar-refractivity contribution in [3.63, 3.8) is 0 Å². The standard InChI is InChI=1S/C58H37N3Se/c1-5-17-37(18-6-1)43-29-30-46(57(50-33-34-59-61-60-50)53(43)39-21-9-3-10-22-39)55-45(31-32-52-58(55)44-27-15-16-28-51(44)62-52)56-49-35-41-25-13-14-26-42(41)48(49)36-47(38-19-7-2-8-20-38)54(56)40-23-11-4-12-24-40/h1-34,36H,35H2. The van der Waals surface area contributed by atoms with Gasteiger partial charge < -0.3 is 0 Å². The molecule has 11 aromatic rings. The normalized spacial score (nSPS) is 11.8. The Bertz CT molecular complexity index is 3450. The molecule has 0 bridgehead atoms. The van der Waals surface area contributed by atoms with Crippen LogP contribution in [0.1, 0.15) is 11.1 Å². The topological polar surface area (TPSA) is 38.7 Å². The molecule has 0 saturated heterocycles. The van der Waals surface area contributed by atoms with Gasteiger partial charge in [-0.2, -0.15) is 0 Å². The second-order valence-electron chi connectivity index (χ2n) is 15.9. The first-order chi connectivity index (χ1) is 30.8. The molecule has 2 heterocycles. The molecule has 62 heavy (non-hydrogen) atoms. The molecule has 0 radical (unpaired) electrons. The van der Waals surface area contributed by atoms with Crippen molar-refractivity contribution in [2.24, 2.45) is 0 Å². The van der Waals surface area contributed by atoms with Crippen LogP contribution in [0.15, 0.2) is 212 Å². The van der Waals surface area contributed by atoms with E-state index in [0.717, 1.165) is 45.5 Å². The number of hydrogen-bond acceptors (Lipinski definition) is 3. The zero-order valence-electron chi connectivity index (χ0n) is 33.7. The second-order valence-corrected chi connectivity index (χ2v) is 18.1. The van der Waals surface area contributed by atoms with Crippen LogP contribution in [0, 0.1) is 0 Å². The maximum absolute atomic E-state index is 4.84. The number of aromatic nitrogens is 3. The van der Waals surface area contributed by atoms with Crippen molar-refractivity contribution in [3.05, 3.63) is 224 Å². The number of nitrogens with zero attached hydrogens (tertiary/aromatic N) is 3. The van der Waals surface area contributed by atoms with Crippen LogP contribution < -0.4 is 0 Å². The van der Waals surface area contributed by atoms with Gasteiger partial charge in [0.05, 0.1) is 0 Å². The summed E-state index contributed by atoms with van der Waals surface area (Å²) >= 11 is 0.133. The van der Waals surface area contributed by atoms with Gasteiger partial charge in [0.1, 0.15) is 0 Å². The van der Waals surface area contributed by atoms with Crippen LogP contribution >= 0.6 is 0 Å². The molecule has 0 N–H and O–H groups in total. The Labute approximate surface area is 366 Å². The molecule has 0 atom stereocenters. The summed E-state index contributed by atoms with van der Waals surface area (Å²) in [5.74, 6) is 0. The molecule has 9 aromatic carbocycles. The molecule has 0 saturated carbocycles. The van der Waals surface area contributed by atoms with Crippen molar-refractivity contribution in [3.8, 4) is 89.1 Å². The summed E-state index contributed by atoms with van der Waals surface area (Å²) in [4.78, 5) is 0. The number of hydrogen-bond donors (Lipinski definition) is 0. The minimum atomic E-state index is 0.133. The summed E-state index contributed by atoms with van der Waals surface area (Å²) in [6, 6.07) is 75.6. The molecule has 1 aliphatic rings. The van der Waals surface area contributed by atoms with Gasteiger partial charge in [0.15, 0.2) is 0 Å². The van der Waals surface area contributed by atoms with E-state index in [0.29, 0.717) is 0 Å². The van der Waals surface area contributed by atoms with Crippen molar-refractivity contribution in [1.29, 1.82) is 0 Å². The molecular weight excluding hydrogens is 818 g/mol. The Morgan fingerprint density at radius 1 is 0.371 bits per heavy atom. The predicted molar refractivity (Wildman–Crippen MR) is 258 cm³/mol. The van der Waals surface area contributed by atoms with Crippen molar-refractivity contribution in [2.75, 3.05) is 0 Å². The van der Waals surface area contributed by atoms with Crippen LogP contribution in [0.4, 0.5) is 0 Å². The average Bonchev–Trinajstić information content (AvgIpc) is 3.92. The Morgan fingerprint density at radius 3 is 1.63 bits per heavy atom. The molecule has 0 fully saturated rings. The van der Waals surface area contributed by atoms with E-state index in [1.54, 1.807) is 6.20 Å². The van der Waals surface area contributed by atoms with Gasteiger partial charge in [0.2, 0.25) is 0 Å². The summed E-state index contributed by atoms with van der Waals surface area (Å²) in [6.45, 7) is 0. The fourth-order valence-corrected chi connectivity index (χ4v) is 12.2. The van der Waals surface area contributed by atoms with Crippen LogP contribution in [0.5, 0.6) is 0 Å². The van der Waals surface area contributed by atoms with Crippen molar-refractivity contribution < 1.29 is 0 Å². The summed E-state index contributed by atoms with van der Waals surface area (Å²) in [6.07, 6.45) is 2.61. The first-order valence-electron chi connectivity index (χ1n) is 21.1. The van der Waals surface area contributed by atoms with E-state index in [-0.39, 0.29) is 14.5 Å². The van der Waals surface area contributed by atoms with E-state index in [2.05, 4.69) is 211 Å². The molecule has 290 valence electrons. The van der Waals surface area contributed by atoms with Crippen molar-refractivity contribution in [2.45, 2.75) is 6.42 Å². The first-order valence-corrected chi connectivity index (χ1v) is 22.8. The molecule has 0 amide bonds. The van der Waals surface area contributed by atoms with Gasteiger partial charge in [-0.15, -0.1) is 0 Å². The summed E-state index contributed by atoms with van der Waals surface area (Å²) in [5, 5.41) is 15.9. The number of rotatable bonds is 7. The average molecular weight is 855 g/mol. The maximum atomic E-state index is 4.84. The monoisotopic (exact) mass is 855 g/mol. The van der Waals surface area contributed by atoms with E-state index < -0.39 is 0 Å². The van der Waals surface area contributed by atoms with Crippen LogP contribution in [-0.2, 0) is 6.42 Å². The van der Waals surface area contributed by atoms with Gasteiger partial charge in [-0.1, -0.05) is 0 Å². The van der Waals surface area contributed by atoms with E-state index in [9.17, 15) is 0 Å². The third-order valence-electron chi connectivity index (χ3n) is 12.5. The second kappa shape index (κ2) is 15.2. The quantitative estimate of drug-likeness (QED) is 0.150. The number of fused-ring (bicyclic) bond motifs is 6. The zero-order chi connectivity index (χ0) is 41.0. The summed E-state index contributed by atoms with van der Waals surface area (Å²) < 4.78 is 2.79. The molecule has 3 nitrogen and oxygen atoms in total. The number of benzene rings is 9. The van der Waals surface area contributed by atoms with Gasteiger partial charge in [0, 0.05) is 0 Å². The van der Waals surface area contributed by atoms with E-state index in [1.807, 2.05) is 6.07 Å². The van der Waals surface area contributed by atoms with Gasteiger partial charge in [-0.3, -0.25) is 0 Å². The summed E-state index contributed by atoms with van der Waals surface area (Å²) in [7, 11) is 0. The zero-order valence-corrected chi connectivity index (χ0v) is 35.4. The Kier molecular flexibility index (Phi) is 8.92. The predicted octanol–water partition coefficient (Wildman–Crippen LogP) is 14.5. The third-order valence-corrected chi connectivity index (χ3v) is 14.8. The van der Waals surface area contributed by atoms with Crippen LogP contribution in [-0.4, -0.2) is 29.9 Å². The Morgan fingerprint density at radius 2 is 0.935 bits per heavy atom. The molecule has 2 aromatic heterocycles. The minimum absolute atomic E-state index is 0.133. The van der Waals surface area contributed by atoms with Crippen LogP contribution in [0.2, 0.25) is 0 Å². The Balaban J connectivity index is 1.30. The molecule has 0 aliphatic heterocycles. The fraction of sp³-hybridized carbons (Fsp3) is 0.0172. The van der Waals surface area contributed by atoms with Crippen molar-refractivity contribution in [1.82, 2.24) is 15.4 Å². The first kappa shape index (κ1) is 36.4. The SMILES string of the molecule is c1ccc(-c2ccc(-c3c(-c4c5c(cc(-c6ccccc6)c4-c4ccccc4)-c4ccccc4C5)ccc4[se]c5ccccc5c34)c(-c3ccnnn3)c2-c2ccccc2)cc1. The van der Waals surface area contributed by atoms with Gasteiger partial charge >= 0.3 is 368 Å². The molecule has 1 aliphatic carbocycles. The molecule has 0 spiro atoms. The fourth-order valence-electron chi connectivity index (χ4n) is 9.84. The van der Waals surface area contributed by atoms with Crippen molar-refractivity contribution >= 4 is 33.8 Å². The molecular formula is C58H37N3Se. The van der Waals surface area contributed by atoms with Gasteiger partial charge in [-0.25, -0.2) is 0 Å². The third kappa shape index (κ3) is 5.99. The molecule has 0 unspecified atom stereocenters. The van der Waals surface area contributed by atoms with E-state index in [4.69, 9.17) is 5.10 Å². The van der Waals surface area contributed by atoms with Gasteiger partial charge in [-0.05, 0) is 0 Å². The molecule has 4 heteroatoms. The Hall–Kier alpha value is -7.49. The van der Waals surface area contributed by atoms with Crippen LogP contribution in [0.25, 0.3) is 108 Å². The van der Waals surface area contributed by atoms with Crippen LogP contribution in [0.3, 0.4) is 0 Å².